The van der Waals surface area contributed by atoms with Crippen LogP contribution in [0.3, 0.4) is 0 Å². The Morgan fingerprint density at radius 3 is 3.00 bits per heavy atom. The van der Waals surface area contributed by atoms with Gasteiger partial charge in [-0.1, -0.05) is 13.3 Å². The van der Waals surface area contributed by atoms with Crippen molar-refractivity contribution < 1.29 is 5.11 Å². The van der Waals surface area contributed by atoms with Gasteiger partial charge in [0, 0.05) is 24.3 Å². The lowest BCUT2D eigenvalue weighted by atomic mass is 9.86. The van der Waals surface area contributed by atoms with Gasteiger partial charge >= 0.3 is 0 Å². The van der Waals surface area contributed by atoms with Gasteiger partial charge in [0.05, 0.1) is 12.3 Å². The first-order valence-electron chi connectivity index (χ1n) is 6.53. The van der Waals surface area contributed by atoms with Crippen molar-refractivity contribution in [3.8, 4) is 0 Å². The van der Waals surface area contributed by atoms with Crippen LogP contribution in [0.2, 0.25) is 0 Å². The number of nitrogens with zero attached hydrogens (tertiary/aromatic N) is 2. The Bertz CT molecular complexity index is 375. The van der Waals surface area contributed by atoms with E-state index in [1.807, 2.05) is 18.7 Å². The molecule has 4 heteroatoms. The lowest BCUT2D eigenvalue weighted by Gasteiger charge is -2.32. The minimum absolute atomic E-state index is 0.177. The smallest absolute Gasteiger partial charge is 0.0975 e. The first-order chi connectivity index (χ1) is 8.13. The number of aliphatic hydroxyl groups is 1. The van der Waals surface area contributed by atoms with E-state index >= 15 is 0 Å². The highest BCUT2D eigenvalue weighted by atomic mass is 16.3. The average Bonchev–Trinajstić information content (AvgIpc) is 2.69. The first-order valence-corrected chi connectivity index (χ1v) is 6.53. The highest BCUT2D eigenvalue weighted by Crippen LogP contribution is 2.28. The van der Waals surface area contributed by atoms with E-state index in [1.54, 1.807) is 6.20 Å². The highest BCUT2D eigenvalue weighted by molar-refractivity contribution is 5.20. The van der Waals surface area contributed by atoms with Crippen LogP contribution >= 0.6 is 0 Å². The lowest BCUT2D eigenvalue weighted by Crippen LogP contribution is -2.42. The first kappa shape index (κ1) is 12.6. The summed E-state index contributed by atoms with van der Waals surface area (Å²) >= 11 is 0. The molecule has 0 saturated carbocycles. The molecule has 0 amide bonds. The van der Waals surface area contributed by atoms with Crippen LogP contribution in [-0.4, -0.2) is 27.5 Å². The fraction of sp³-hybridized carbons (Fsp3) is 0.769. The Morgan fingerprint density at radius 2 is 2.41 bits per heavy atom. The van der Waals surface area contributed by atoms with Crippen molar-refractivity contribution in [2.24, 2.45) is 13.0 Å². The summed E-state index contributed by atoms with van der Waals surface area (Å²) in [6.45, 7) is 5.25. The number of hydrogen-bond donors (Lipinski definition) is 2. The van der Waals surface area contributed by atoms with Crippen LogP contribution in [0.5, 0.6) is 0 Å². The molecule has 0 radical (unpaired) electrons. The molecule has 0 aliphatic carbocycles. The number of hydrogen-bond acceptors (Lipinski definition) is 3. The molecule has 4 nitrogen and oxygen atoms in total. The second-order valence-corrected chi connectivity index (χ2v) is 5.11. The third kappa shape index (κ3) is 2.53. The number of rotatable bonds is 3. The Hall–Kier alpha value is -0.870. The zero-order chi connectivity index (χ0) is 12.4. The summed E-state index contributed by atoms with van der Waals surface area (Å²) in [7, 11) is 1.91. The van der Waals surface area contributed by atoms with Crippen molar-refractivity contribution in [3.63, 3.8) is 0 Å². The summed E-state index contributed by atoms with van der Waals surface area (Å²) in [4.78, 5) is 0. The van der Waals surface area contributed by atoms with Gasteiger partial charge in [-0.15, -0.1) is 0 Å². The summed E-state index contributed by atoms with van der Waals surface area (Å²) < 4.78 is 1.82. The van der Waals surface area contributed by atoms with Gasteiger partial charge in [-0.2, -0.15) is 5.10 Å². The molecule has 17 heavy (non-hydrogen) atoms. The van der Waals surface area contributed by atoms with Crippen molar-refractivity contribution in [1.82, 2.24) is 15.1 Å². The van der Waals surface area contributed by atoms with E-state index in [-0.39, 0.29) is 6.04 Å². The molecule has 1 aromatic heterocycles. The highest BCUT2D eigenvalue weighted by Gasteiger charge is 2.28. The molecule has 0 bridgehead atoms. The quantitative estimate of drug-likeness (QED) is 0.838. The molecular weight excluding hydrogens is 214 g/mol. The van der Waals surface area contributed by atoms with Crippen LogP contribution < -0.4 is 5.32 Å². The molecule has 1 saturated heterocycles. The van der Waals surface area contributed by atoms with Crippen LogP contribution in [0, 0.1) is 12.8 Å². The number of nitrogens with one attached hydrogen (secondary N) is 1. The van der Waals surface area contributed by atoms with Gasteiger partial charge in [-0.05, 0) is 32.2 Å². The summed E-state index contributed by atoms with van der Waals surface area (Å²) in [5, 5.41) is 18.1. The SMILES string of the molecule is CCC1CCNC(C(O)c2cnn(C)c2C)C1. The summed E-state index contributed by atoms with van der Waals surface area (Å²) in [5.74, 6) is 0.743. The van der Waals surface area contributed by atoms with Gasteiger partial charge in [0.25, 0.3) is 0 Å². The third-order valence-corrected chi connectivity index (χ3v) is 4.10. The fourth-order valence-corrected chi connectivity index (χ4v) is 2.67. The Morgan fingerprint density at radius 1 is 1.65 bits per heavy atom. The molecule has 1 aromatic rings. The van der Waals surface area contributed by atoms with Crippen molar-refractivity contribution in [2.75, 3.05) is 6.54 Å². The summed E-state index contributed by atoms with van der Waals surface area (Å²) in [5.41, 5.74) is 2.01. The Labute approximate surface area is 103 Å². The molecule has 96 valence electrons. The van der Waals surface area contributed by atoms with Crippen molar-refractivity contribution >= 4 is 0 Å². The zero-order valence-corrected chi connectivity index (χ0v) is 11.0. The maximum absolute atomic E-state index is 10.4. The molecule has 2 heterocycles. The van der Waals surface area contributed by atoms with E-state index in [9.17, 15) is 5.11 Å². The molecule has 2 rings (SSSR count). The van der Waals surface area contributed by atoms with Crippen molar-refractivity contribution in [3.05, 3.63) is 17.5 Å². The van der Waals surface area contributed by atoms with E-state index < -0.39 is 6.10 Å². The molecule has 0 aromatic carbocycles. The van der Waals surface area contributed by atoms with Gasteiger partial charge in [-0.3, -0.25) is 4.68 Å². The van der Waals surface area contributed by atoms with Crippen molar-refractivity contribution in [2.45, 2.75) is 45.3 Å². The molecule has 2 N–H and O–H groups in total. The minimum atomic E-state index is -0.432. The number of aliphatic hydroxyl groups excluding tert-OH is 1. The normalized spacial score (nSPS) is 27.1. The van der Waals surface area contributed by atoms with Gasteiger partial charge in [0.1, 0.15) is 0 Å². The Balaban J connectivity index is 2.09. The second kappa shape index (κ2) is 5.19. The predicted octanol–water partition coefficient (Wildman–Crippen LogP) is 1.54. The standard InChI is InChI=1S/C13H23N3O/c1-4-10-5-6-14-12(7-10)13(17)11-8-15-16(3)9(11)2/h8,10,12-14,17H,4-7H2,1-3H3. The van der Waals surface area contributed by atoms with Crippen LogP contribution in [0.1, 0.15) is 43.5 Å². The third-order valence-electron chi connectivity index (χ3n) is 4.10. The van der Waals surface area contributed by atoms with Gasteiger partial charge < -0.3 is 10.4 Å². The van der Waals surface area contributed by atoms with E-state index in [0.717, 1.165) is 30.1 Å². The maximum Gasteiger partial charge on any atom is 0.0975 e. The second-order valence-electron chi connectivity index (χ2n) is 5.11. The average molecular weight is 237 g/mol. The largest absolute Gasteiger partial charge is 0.387 e. The van der Waals surface area contributed by atoms with Gasteiger partial charge in [0.2, 0.25) is 0 Å². The van der Waals surface area contributed by atoms with E-state index in [1.165, 1.54) is 12.8 Å². The van der Waals surface area contributed by atoms with E-state index in [4.69, 9.17) is 0 Å². The number of aryl methyl sites for hydroxylation is 1. The molecular formula is C13H23N3O. The summed E-state index contributed by atoms with van der Waals surface area (Å²) in [6, 6.07) is 0.177. The monoisotopic (exact) mass is 237 g/mol. The molecule has 1 aliphatic rings. The van der Waals surface area contributed by atoms with Crippen LogP contribution in [-0.2, 0) is 7.05 Å². The minimum Gasteiger partial charge on any atom is -0.387 e. The molecule has 3 unspecified atom stereocenters. The van der Waals surface area contributed by atoms with Crippen LogP contribution in [0.4, 0.5) is 0 Å². The van der Waals surface area contributed by atoms with Gasteiger partial charge in [0.15, 0.2) is 0 Å². The Kier molecular flexibility index (Phi) is 3.84. The molecule has 3 atom stereocenters. The van der Waals surface area contributed by atoms with Gasteiger partial charge in [-0.25, -0.2) is 0 Å². The van der Waals surface area contributed by atoms with Crippen LogP contribution in [0.25, 0.3) is 0 Å². The molecule has 0 spiro atoms. The number of aromatic nitrogens is 2. The fourth-order valence-electron chi connectivity index (χ4n) is 2.67. The molecule has 1 fully saturated rings. The zero-order valence-electron chi connectivity index (χ0n) is 11.0. The topological polar surface area (TPSA) is 50.1 Å². The lowest BCUT2D eigenvalue weighted by molar-refractivity contribution is 0.0973. The maximum atomic E-state index is 10.4. The van der Waals surface area contributed by atoms with Crippen molar-refractivity contribution in [1.29, 1.82) is 0 Å². The number of piperidine rings is 1. The van der Waals surface area contributed by atoms with Crippen LogP contribution in [0.15, 0.2) is 6.20 Å². The predicted molar refractivity (Wildman–Crippen MR) is 67.7 cm³/mol. The van der Waals surface area contributed by atoms with E-state index in [0.29, 0.717) is 0 Å². The van der Waals surface area contributed by atoms with E-state index in [2.05, 4.69) is 17.3 Å². The molecule has 1 aliphatic heterocycles. The summed E-state index contributed by atoms with van der Waals surface area (Å²) in [6.07, 6.45) is 4.85.